The second kappa shape index (κ2) is 5.84. The van der Waals surface area contributed by atoms with E-state index in [1.807, 2.05) is 30.3 Å². The lowest BCUT2D eigenvalue weighted by atomic mass is 9.80. The van der Waals surface area contributed by atoms with Gasteiger partial charge in [-0.3, -0.25) is 0 Å². The zero-order valence-corrected chi connectivity index (χ0v) is 14.8. The van der Waals surface area contributed by atoms with Gasteiger partial charge in [-0.15, -0.1) is 0 Å². The van der Waals surface area contributed by atoms with Crippen LogP contribution in [0.1, 0.15) is 17.0 Å². The van der Waals surface area contributed by atoms with Crippen LogP contribution in [0.2, 0.25) is 0 Å². The summed E-state index contributed by atoms with van der Waals surface area (Å²) in [4.78, 5) is 12.5. The maximum atomic E-state index is 12.5. The Hall–Kier alpha value is -3.35. The van der Waals surface area contributed by atoms with Crippen LogP contribution in [0, 0.1) is 0 Å². The van der Waals surface area contributed by atoms with Gasteiger partial charge in [0.2, 0.25) is 6.79 Å². The van der Waals surface area contributed by atoms with E-state index in [1.54, 1.807) is 14.2 Å². The fraction of sp³-hybridized carbons (Fsp3) is 0.250. The summed E-state index contributed by atoms with van der Waals surface area (Å²) in [6.07, 6.45) is 0. The summed E-state index contributed by atoms with van der Waals surface area (Å²) in [6.45, 7) is 0.394. The second-order valence-corrected chi connectivity index (χ2v) is 6.43. The van der Waals surface area contributed by atoms with Crippen LogP contribution >= 0.6 is 0 Å². The van der Waals surface area contributed by atoms with Gasteiger partial charge in [-0.2, -0.15) is 0 Å². The Morgan fingerprint density at radius 3 is 2.59 bits per heavy atom. The standard InChI is InChI=1S/C20H17NO6/c1-23-10-3-4-15(24-2)12(5-10)18-11-6-16-17(27-9-26-16)7-13(11)21-14-8-25-20(22)19(14)18/h3-7,18,21H,8-9H2,1-2H3/t18-/m0/s1. The van der Waals surface area contributed by atoms with Crippen LogP contribution in [0.5, 0.6) is 23.0 Å². The van der Waals surface area contributed by atoms with Gasteiger partial charge >= 0.3 is 5.97 Å². The van der Waals surface area contributed by atoms with Crippen molar-refractivity contribution in [1.82, 2.24) is 0 Å². The number of rotatable bonds is 3. The Bertz CT molecular complexity index is 996. The van der Waals surface area contributed by atoms with Crippen molar-refractivity contribution in [2.75, 3.05) is 32.9 Å². The van der Waals surface area contributed by atoms with E-state index in [9.17, 15) is 4.79 Å². The van der Waals surface area contributed by atoms with E-state index in [4.69, 9.17) is 23.7 Å². The molecule has 0 aliphatic carbocycles. The molecule has 3 heterocycles. The highest BCUT2D eigenvalue weighted by atomic mass is 16.7. The van der Waals surface area contributed by atoms with Gasteiger partial charge in [-0.1, -0.05) is 0 Å². The number of benzene rings is 2. The minimum atomic E-state index is -0.370. The number of methoxy groups -OCH3 is 2. The average molecular weight is 367 g/mol. The highest BCUT2D eigenvalue weighted by Gasteiger charge is 2.40. The Labute approximate surface area is 155 Å². The summed E-state index contributed by atoms with van der Waals surface area (Å²) in [5.41, 5.74) is 3.90. The number of fused-ring (bicyclic) bond motifs is 2. The van der Waals surface area contributed by atoms with Crippen molar-refractivity contribution in [3.05, 3.63) is 52.7 Å². The van der Waals surface area contributed by atoms with Crippen LogP contribution in [0.4, 0.5) is 5.69 Å². The number of hydrogen-bond donors (Lipinski definition) is 1. The van der Waals surface area contributed by atoms with E-state index >= 15 is 0 Å². The molecule has 7 heteroatoms. The first-order chi connectivity index (χ1) is 13.2. The minimum Gasteiger partial charge on any atom is -0.497 e. The van der Waals surface area contributed by atoms with Crippen molar-refractivity contribution in [2.45, 2.75) is 5.92 Å². The van der Waals surface area contributed by atoms with E-state index in [0.717, 1.165) is 22.5 Å². The van der Waals surface area contributed by atoms with Crippen molar-refractivity contribution >= 4 is 11.7 Å². The molecule has 0 spiro atoms. The van der Waals surface area contributed by atoms with Crippen LogP contribution in [0.3, 0.4) is 0 Å². The Kier molecular flexibility index (Phi) is 3.43. The predicted molar refractivity (Wildman–Crippen MR) is 95.6 cm³/mol. The number of cyclic esters (lactones) is 1. The molecule has 2 aromatic rings. The van der Waals surface area contributed by atoms with Crippen LogP contribution in [-0.4, -0.2) is 33.6 Å². The molecule has 5 rings (SSSR count). The van der Waals surface area contributed by atoms with Gasteiger partial charge in [0, 0.05) is 23.2 Å². The molecule has 138 valence electrons. The largest absolute Gasteiger partial charge is 0.497 e. The molecule has 3 aliphatic rings. The molecule has 0 bridgehead atoms. The molecule has 0 saturated carbocycles. The molecule has 27 heavy (non-hydrogen) atoms. The van der Waals surface area contributed by atoms with Gasteiger partial charge < -0.3 is 29.0 Å². The van der Waals surface area contributed by atoms with Gasteiger partial charge in [0.15, 0.2) is 11.5 Å². The number of carbonyl (C=O) groups is 1. The maximum Gasteiger partial charge on any atom is 0.337 e. The Morgan fingerprint density at radius 2 is 1.81 bits per heavy atom. The van der Waals surface area contributed by atoms with Crippen LogP contribution < -0.4 is 24.3 Å². The number of hydrogen-bond acceptors (Lipinski definition) is 7. The van der Waals surface area contributed by atoms with Crippen molar-refractivity contribution in [3.63, 3.8) is 0 Å². The van der Waals surface area contributed by atoms with Gasteiger partial charge in [-0.25, -0.2) is 4.79 Å². The smallest absolute Gasteiger partial charge is 0.337 e. The molecule has 0 amide bonds. The summed E-state index contributed by atoms with van der Waals surface area (Å²) >= 11 is 0. The highest BCUT2D eigenvalue weighted by Crippen LogP contribution is 2.50. The highest BCUT2D eigenvalue weighted by molar-refractivity contribution is 5.97. The quantitative estimate of drug-likeness (QED) is 0.836. The van der Waals surface area contributed by atoms with Gasteiger partial charge in [0.25, 0.3) is 0 Å². The van der Waals surface area contributed by atoms with Gasteiger partial charge in [0.05, 0.1) is 25.5 Å². The van der Waals surface area contributed by atoms with Crippen molar-refractivity contribution in [3.8, 4) is 23.0 Å². The molecule has 2 aromatic carbocycles. The SMILES string of the molecule is COc1ccc(OC)c([C@H]2C3=C(COC3=O)Nc3cc4c(cc32)OCO4)c1. The van der Waals surface area contributed by atoms with Crippen molar-refractivity contribution in [2.24, 2.45) is 0 Å². The molecule has 3 aliphatic heterocycles. The summed E-state index contributed by atoms with van der Waals surface area (Å²) in [6, 6.07) is 9.35. The van der Waals surface area contributed by atoms with E-state index in [-0.39, 0.29) is 25.3 Å². The first kappa shape index (κ1) is 15.9. The Balaban J connectivity index is 1.76. The first-order valence-electron chi connectivity index (χ1n) is 8.52. The average Bonchev–Trinajstić information content (AvgIpc) is 3.30. The van der Waals surface area contributed by atoms with Crippen molar-refractivity contribution in [1.29, 1.82) is 0 Å². The van der Waals surface area contributed by atoms with Gasteiger partial charge in [0.1, 0.15) is 18.1 Å². The van der Waals surface area contributed by atoms with Crippen LogP contribution in [0.15, 0.2) is 41.6 Å². The third-order valence-electron chi connectivity index (χ3n) is 5.07. The fourth-order valence-corrected chi connectivity index (χ4v) is 3.82. The second-order valence-electron chi connectivity index (χ2n) is 6.43. The lowest BCUT2D eigenvalue weighted by molar-refractivity contribution is -0.136. The van der Waals surface area contributed by atoms with E-state index in [0.29, 0.717) is 28.6 Å². The molecular formula is C20H17NO6. The van der Waals surface area contributed by atoms with E-state index in [2.05, 4.69) is 5.32 Å². The molecule has 0 saturated heterocycles. The monoisotopic (exact) mass is 367 g/mol. The summed E-state index contributed by atoms with van der Waals surface area (Å²) in [7, 11) is 3.21. The number of anilines is 1. The number of esters is 1. The molecule has 0 fully saturated rings. The first-order valence-corrected chi connectivity index (χ1v) is 8.52. The molecule has 0 unspecified atom stereocenters. The lowest BCUT2D eigenvalue weighted by Gasteiger charge is -2.28. The van der Waals surface area contributed by atoms with Crippen molar-refractivity contribution < 1.29 is 28.5 Å². The zero-order chi connectivity index (χ0) is 18.5. The predicted octanol–water partition coefficient (Wildman–Crippen LogP) is 2.80. The van der Waals surface area contributed by atoms with Crippen LogP contribution in [-0.2, 0) is 9.53 Å². The lowest BCUT2D eigenvalue weighted by Crippen LogP contribution is -2.20. The molecule has 1 N–H and O–H groups in total. The maximum absolute atomic E-state index is 12.5. The number of nitrogens with one attached hydrogen (secondary N) is 1. The minimum absolute atomic E-state index is 0.181. The normalized spacial score (nSPS) is 19.2. The van der Waals surface area contributed by atoms with Crippen LogP contribution in [0.25, 0.3) is 0 Å². The van der Waals surface area contributed by atoms with E-state index < -0.39 is 0 Å². The number of carbonyl (C=O) groups excluding carboxylic acids is 1. The molecular weight excluding hydrogens is 350 g/mol. The fourth-order valence-electron chi connectivity index (χ4n) is 3.82. The molecule has 7 nitrogen and oxygen atoms in total. The third kappa shape index (κ3) is 2.31. The molecule has 0 aromatic heterocycles. The summed E-state index contributed by atoms with van der Waals surface area (Å²) < 4.78 is 27.3. The topological polar surface area (TPSA) is 75.3 Å². The van der Waals surface area contributed by atoms with E-state index in [1.165, 1.54) is 0 Å². The van der Waals surface area contributed by atoms with Gasteiger partial charge in [-0.05, 0) is 29.8 Å². The molecule has 0 radical (unpaired) electrons. The number of ether oxygens (including phenoxy) is 5. The Morgan fingerprint density at radius 1 is 1.00 bits per heavy atom. The summed E-state index contributed by atoms with van der Waals surface area (Å²) in [5.74, 6) is 1.96. The summed E-state index contributed by atoms with van der Waals surface area (Å²) in [5, 5.41) is 3.31. The molecule has 1 atom stereocenters. The third-order valence-corrected chi connectivity index (χ3v) is 5.07. The zero-order valence-electron chi connectivity index (χ0n) is 14.8.